The maximum absolute atomic E-state index is 11.3. The number of benzene rings is 1. The molecular weight excluding hydrogens is 236 g/mol. The molecule has 15 heavy (non-hydrogen) atoms. The molecule has 0 heterocycles. The van der Waals surface area contributed by atoms with Gasteiger partial charge in [-0.1, -0.05) is 0 Å². The normalized spacial score (nSPS) is 12.7. The third-order valence-corrected chi connectivity index (χ3v) is 4.34. The monoisotopic (exact) mass is 248 g/mol. The fourth-order valence-electron chi connectivity index (χ4n) is 1.27. The van der Waals surface area contributed by atoms with E-state index in [4.69, 9.17) is 0 Å². The molecule has 6 heteroatoms. The SMILES string of the molecule is Cc1cc(S(C)(=O)=O)ccc1S(C)(=O)=O. The third kappa shape index (κ3) is 2.79. The van der Waals surface area contributed by atoms with E-state index in [0.717, 1.165) is 12.5 Å². The molecule has 0 aromatic heterocycles. The molecule has 0 saturated carbocycles. The highest BCUT2D eigenvalue weighted by Gasteiger charge is 2.14. The average molecular weight is 248 g/mol. The maximum atomic E-state index is 11.3. The summed E-state index contributed by atoms with van der Waals surface area (Å²) in [7, 11) is -6.57. The maximum Gasteiger partial charge on any atom is 0.175 e. The predicted octanol–water partition coefficient (Wildman–Crippen LogP) is 0.802. The summed E-state index contributed by atoms with van der Waals surface area (Å²) in [5, 5.41) is 0. The van der Waals surface area contributed by atoms with Crippen molar-refractivity contribution in [3.63, 3.8) is 0 Å². The number of aryl methyl sites for hydroxylation is 1. The van der Waals surface area contributed by atoms with Crippen molar-refractivity contribution in [1.82, 2.24) is 0 Å². The van der Waals surface area contributed by atoms with Crippen molar-refractivity contribution in [1.29, 1.82) is 0 Å². The Labute approximate surface area is 89.8 Å². The molecule has 0 aliphatic rings. The van der Waals surface area contributed by atoms with E-state index in [-0.39, 0.29) is 9.79 Å². The standard InChI is InChI=1S/C9H12O4S2/c1-7-6-8(14(2,10)11)4-5-9(7)15(3,12)13/h4-6H,1-3H3. The lowest BCUT2D eigenvalue weighted by Gasteiger charge is -2.05. The second kappa shape index (κ2) is 3.61. The van der Waals surface area contributed by atoms with E-state index in [9.17, 15) is 16.8 Å². The molecule has 4 nitrogen and oxygen atoms in total. The molecule has 0 saturated heterocycles. The lowest BCUT2D eigenvalue weighted by Crippen LogP contribution is -2.03. The Hall–Kier alpha value is -0.880. The predicted molar refractivity (Wildman–Crippen MR) is 57.4 cm³/mol. The van der Waals surface area contributed by atoms with E-state index in [1.165, 1.54) is 18.2 Å². The molecule has 0 aliphatic heterocycles. The van der Waals surface area contributed by atoms with Crippen LogP contribution in [-0.4, -0.2) is 29.3 Å². The first-order valence-electron chi connectivity index (χ1n) is 4.13. The van der Waals surface area contributed by atoms with Crippen LogP contribution in [0, 0.1) is 6.92 Å². The minimum Gasteiger partial charge on any atom is -0.224 e. The zero-order valence-electron chi connectivity index (χ0n) is 8.68. The second-order valence-electron chi connectivity index (χ2n) is 3.47. The summed E-state index contributed by atoms with van der Waals surface area (Å²) in [6.07, 6.45) is 2.18. The molecule has 1 rings (SSSR count). The zero-order valence-corrected chi connectivity index (χ0v) is 10.3. The van der Waals surface area contributed by atoms with Gasteiger partial charge < -0.3 is 0 Å². The molecule has 1 aromatic carbocycles. The Morgan fingerprint density at radius 2 is 1.47 bits per heavy atom. The first-order valence-corrected chi connectivity index (χ1v) is 7.91. The lowest BCUT2D eigenvalue weighted by molar-refractivity contribution is 0.597. The summed E-state index contributed by atoms with van der Waals surface area (Å²) in [5.41, 5.74) is 0.445. The van der Waals surface area contributed by atoms with Gasteiger partial charge in [-0.25, -0.2) is 16.8 Å². The summed E-state index contributed by atoms with van der Waals surface area (Å²) in [5.74, 6) is 0. The Kier molecular flexibility index (Phi) is 2.93. The highest BCUT2D eigenvalue weighted by molar-refractivity contribution is 7.91. The van der Waals surface area contributed by atoms with Crippen LogP contribution in [0.2, 0.25) is 0 Å². The first kappa shape index (κ1) is 12.2. The fraction of sp³-hybridized carbons (Fsp3) is 0.333. The van der Waals surface area contributed by atoms with Crippen molar-refractivity contribution in [3.8, 4) is 0 Å². The van der Waals surface area contributed by atoms with Crippen molar-refractivity contribution in [2.24, 2.45) is 0 Å². The van der Waals surface area contributed by atoms with Crippen LogP contribution in [0.25, 0.3) is 0 Å². The number of hydrogen-bond acceptors (Lipinski definition) is 4. The van der Waals surface area contributed by atoms with Crippen LogP contribution in [0.4, 0.5) is 0 Å². The molecule has 0 bridgehead atoms. The Morgan fingerprint density at radius 1 is 0.933 bits per heavy atom. The van der Waals surface area contributed by atoms with Crippen molar-refractivity contribution >= 4 is 19.7 Å². The highest BCUT2D eigenvalue weighted by atomic mass is 32.2. The zero-order chi connectivity index (χ0) is 11.9. The van der Waals surface area contributed by atoms with E-state index in [1.807, 2.05) is 0 Å². The van der Waals surface area contributed by atoms with Crippen LogP contribution in [0.5, 0.6) is 0 Å². The van der Waals surface area contributed by atoms with E-state index >= 15 is 0 Å². The van der Waals surface area contributed by atoms with Gasteiger partial charge in [0.25, 0.3) is 0 Å². The molecule has 0 unspecified atom stereocenters. The second-order valence-corrected chi connectivity index (χ2v) is 7.47. The van der Waals surface area contributed by atoms with Crippen LogP contribution >= 0.6 is 0 Å². The van der Waals surface area contributed by atoms with Gasteiger partial charge in [-0.3, -0.25) is 0 Å². The largest absolute Gasteiger partial charge is 0.224 e. The third-order valence-electron chi connectivity index (χ3n) is 1.97. The van der Waals surface area contributed by atoms with E-state index < -0.39 is 19.7 Å². The Balaban J connectivity index is 3.47. The molecule has 0 radical (unpaired) electrons. The van der Waals surface area contributed by atoms with Gasteiger partial charge in [-0.2, -0.15) is 0 Å². The van der Waals surface area contributed by atoms with Crippen LogP contribution in [-0.2, 0) is 19.7 Å². The van der Waals surface area contributed by atoms with Gasteiger partial charge in [0.1, 0.15) is 0 Å². The average Bonchev–Trinajstić information content (AvgIpc) is 1.99. The first-order chi connectivity index (χ1) is 6.62. The van der Waals surface area contributed by atoms with Gasteiger partial charge in [0.05, 0.1) is 9.79 Å². The van der Waals surface area contributed by atoms with Gasteiger partial charge in [0.2, 0.25) is 0 Å². The number of rotatable bonds is 2. The van der Waals surface area contributed by atoms with Gasteiger partial charge >= 0.3 is 0 Å². The molecule has 0 aliphatic carbocycles. The fourth-order valence-corrected chi connectivity index (χ4v) is 2.93. The molecule has 84 valence electrons. The van der Waals surface area contributed by atoms with E-state index in [0.29, 0.717) is 5.56 Å². The molecular formula is C9H12O4S2. The van der Waals surface area contributed by atoms with Crippen LogP contribution in [0.15, 0.2) is 28.0 Å². The van der Waals surface area contributed by atoms with Crippen LogP contribution in [0.1, 0.15) is 5.56 Å². The summed E-state index contributed by atoms with van der Waals surface area (Å²) < 4.78 is 44.9. The van der Waals surface area contributed by atoms with Crippen molar-refractivity contribution < 1.29 is 16.8 Å². The van der Waals surface area contributed by atoms with Gasteiger partial charge in [0.15, 0.2) is 19.7 Å². The van der Waals surface area contributed by atoms with Crippen molar-refractivity contribution in [3.05, 3.63) is 23.8 Å². The molecule has 0 spiro atoms. The lowest BCUT2D eigenvalue weighted by atomic mass is 10.2. The molecule has 0 amide bonds. The topological polar surface area (TPSA) is 68.3 Å². The summed E-state index contributed by atoms with van der Waals surface area (Å²) >= 11 is 0. The van der Waals surface area contributed by atoms with Crippen molar-refractivity contribution in [2.75, 3.05) is 12.5 Å². The van der Waals surface area contributed by atoms with Crippen LogP contribution in [0.3, 0.4) is 0 Å². The highest BCUT2D eigenvalue weighted by Crippen LogP contribution is 2.19. The molecule has 1 aromatic rings. The quantitative estimate of drug-likeness (QED) is 0.776. The van der Waals surface area contributed by atoms with Gasteiger partial charge in [-0.15, -0.1) is 0 Å². The molecule has 0 fully saturated rings. The molecule has 0 N–H and O–H groups in total. The van der Waals surface area contributed by atoms with Gasteiger partial charge in [-0.05, 0) is 30.7 Å². The number of sulfone groups is 2. The van der Waals surface area contributed by atoms with E-state index in [1.54, 1.807) is 6.92 Å². The Morgan fingerprint density at radius 3 is 1.80 bits per heavy atom. The summed E-state index contributed by atoms with van der Waals surface area (Å²) in [4.78, 5) is 0.294. The summed E-state index contributed by atoms with van der Waals surface area (Å²) in [6.45, 7) is 1.57. The minimum atomic E-state index is -3.29. The molecule has 0 atom stereocenters. The Bertz CT molecular complexity index is 583. The van der Waals surface area contributed by atoms with Crippen molar-refractivity contribution in [2.45, 2.75) is 16.7 Å². The minimum absolute atomic E-state index is 0.132. The van der Waals surface area contributed by atoms with Gasteiger partial charge in [0, 0.05) is 12.5 Å². The summed E-state index contributed by atoms with van der Waals surface area (Å²) in [6, 6.07) is 3.99. The van der Waals surface area contributed by atoms with E-state index in [2.05, 4.69) is 0 Å². The number of hydrogen-bond donors (Lipinski definition) is 0. The smallest absolute Gasteiger partial charge is 0.175 e. The van der Waals surface area contributed by atoms with Crippen LogP contribution < -0.4 is 0 Å².